The first-order valence-corrected chi connectivity index (χ1v) is 9.46. The Bertz CT molecular complexity index is 771. The smallest absolute Gasteiger partial charge is 0.138 e. The van der Waals surface area contributed by atoms with Gasteiger partial charge in [-0.15, -0.1) is 0 Å². The van der Waals surface area contributed by atoms with Gasteiger partial charge in [-0.3, -0.25) is 4.90 Å². The van der Waals surface area contributed by atoms with E-state index in [1.54, 1.807) is 7.11 Å². The van der Waals surface area contributed by atoms with Gasteiger partial charge in [-0.25, -0.2) is 0 Å². The molecule has 0 aliphatic carbocycles. The van der Waals surface area contributed by atoms with Crippen molar-refractivity contribution in [3.8, 4) is 5.75 Å². The van der Waals surface area contributed by atoms with Gasteiger partial charge in [0.15, 0.2) is 0 Å². The number of hydrogen-bond donors (Lipinski definition) is 0. The van der Waals surface area contributed by atoms with Crippen LogP contribution >= 0.6 is 11.6 Å². The van der Waals surface area contributed by atoms with Gasteiger partial charge in [0.1, 0.15) is 5.75 Å². The molecule has 2 atom stereocenters. The second kappa shape index (κ2) is 7.23. The van der Waals surface area contributed by atoms with Gasteiger partial charge in [0.05, 0.1) is 12.1 Å². The maximum atomic E-state index is 6.19. The van der Waals surface area contributed by atoms with E-state index in [1.165, 1.54) is 36.0 Å². The molecule has 2 aliphatic heterocycles. The van der Waals surface area contributed by atoms with Crippen LogP contribution < -0.4 is 4.74 Å². The summed E-state index contributed by atoms with van der Waals surface area (Å²) in [5, 5.41) is 0.675. The summed E-state index contributed by atoms with van der Waals surface area (Å²) >= 11 is 6.19. The Kier molecular flexibility index (Phi) is 4.82. The Morgan fingerprint density at radius 1 is 1.12 bits per heavy atom. The van der Waals surface area contributed by atoms with Gasteiger partial charge < -0.3 is 4.74 Å². The lowest BCUT2D eigenvalue weighted by molar-refractivity contribution is 0.0951. The number of methoxy groups -OCH3 is 1. The summed E-state index contributed by atoms with van der Waals surface area (Å²) in [5.74, 6) is 0.761. The predicted molar refractivity (Wildman–Crippen MR) is 104 cm³/mol. The molecule has 130 valence electrons. The normalized spacial score (nSPS) is 23.2. The average Bonchev–Trinajstić information content (AvgIpc) is 2.63. The molecule has 1 saturated heterocycles. The molecular weight excluding hydrogens is 330 g/mol. The highest BCUT2D eigenvalue weighted by Gasteiger charge is 2.34. The van der Waals surface area contributed by atoms with Crippen molar-refractivity contribution in [3.63, 3.8) is 0 Å². The van der Waals surface area contributed by atoms with E-state index in [2.05, 4.69) is 53.4 Å². The Morgan fingerprint density at radius 2 is 1.96 bits per heavy atom. The Hall–Kier alpha value is -1.77. The number of rotatable bonds is 4. The van der Waals surface area contributed by atoms with Crippen LogP contribution in [0.25, 0.3) is 5.57 Å². The van der Waals surface area contributed by atoms with Crippen molar-refractivity contribution in [1.82, 2.24) is 4.90 Å². The number of nitrogens with zero attached hydrogens (tertiary/aromatic N) is 1. The topological polar surface area (TPSA) is 12.5 Å². The molecule has 2 heterocycles. The Morgan fingerprint density at radius 3 is 2.72 bits per heavy atom. The summed E-state index contributed by atoms with van der Waals surface area (Å²) in [5.41, 5.74) is 4.09. The molecule has 2 bridgehead atoms. The number of piperidine rings is 1. The van der Waals surface area contributed by atoms with Crippen LogP contribution in [0.4, 0.5) is 0 Å². The number of benzene rings is 2. The van der Waals surface area contributed by atoms with Gasteiger partial charge in [0.25, 0.3) is 0 Å². The van der Waals surface area contributed by atoms with E-state index in [0.717, 1.165) is 18.7 Å². The molecule has 0 amide bonds. The molecule has 25 heavy (non-hydrogen) atoms. The highest BCUT2D eigenvalue weighted by Crippen LogP contribution is 2.39. The van der Waals surface area contributed by atoms with Gasteiger partial charge in [0.2, 0.25) is 0 Å². The first kappa shape index (κ1) is 16.7. The first-order chi connectivity index (χ1) is 12.2. The number of fused-ring (bicyclic) bond motifs is 2. The molecule has 2 aromatic rings. The van der Waals surface area contributed by atoms with Crippen molar-refractivity contribution in [3.05, 3.63) is 70.8 Å². The summed E-state index contributed by atoms with van der Waals surface area (Å²) in [4.78, 5) is 2.69. The third-order valence-corrected chi connectivity index (χ3v) is 5.82. The van der Waals surface area contributed by atoms with Crippen LogP contribution in [0, 0.1) is 0 Å². The van der Waals surface area contributed by atoms with Crippen molar-refractivity contribution in [2.24, 2.45) is 0 Å². The minimum Gasteiger partial charge on any atom is -0.495 e. The molecule has 0 saturated carbocycles. The van der Waals surface area contributed by atoms with Crippen molar-refractivity contribution < 1.29 is 4.74 Å². The van der Waals surface area contributed by atoms with E-state index in [9.17, 15) is 0 Å². The molecule has 0 N–H and O–H groups in total. The van der Waals surface area contributed by atoms with Crippen molar-refractivity contribution in [2.75, 3.05) is 7.11 Å². The number of halogens is 1. The fourth-order valence-electron chi connectivity index (χ4n) is 4.23. The number of hydrogen-bond acceptors (Lipinski definition) is 2. The van der Waals surface area contributed by atoms with Crippen molar-refractivity contribution in [1.29, 1.82) is 0 Å². The quantitative estimate of drug-likeness (QED) is 0.713. The highest BCUT2D eigenvalue weighted by atomic mass is 35.5. The average molecular weight is 354 g/mol. The van der Waals surface area contributed by atoms with Crippen LogP contribution in [0.15, 0.2) is 54.6 Å². The van der Waals surface area contributed by atoms with Gasteiger partial charge in [0, 0.05) is 18.6 Å². The van der Waals surface area contributed by atoms with E-state index in [1.807, 2.05) is 6.07 Å². The second-order valence-corrected chi connectivity index (χ2v) is 7.46. The van der Waals surface area contributed by atoms with Gasteiger partial charge >= 0.3 is 0 Å². The first-order valence-electron chi connectivity index (χ1n) is 9.09. The fourth-order valence-corrected chi connectivity index (χ4v) is 4.43. The van der Waals surface area contributed by atoms with Crippen LogP contribution in [-0.2, 0) is 6.54 Å². The summed E-state index contributed by atoms with van der Waals surface area (Å²) < 4.78 is 5.40. The van der Waals surface area contributed by atoms with Crippen LogP contribution in [0.3, 0.4) is 0 Å². The SMILES string of the molecule is COc1cc(C2=CC3CCCC(C2)N3Cc2ccccc2)ccc1Cl. The zero-order chi connectivity index (χ0) is 17.2. The minimum atomic E-state index is 0.532. The lowest BCUT2D eigenvalue weighted by atomic mass is 9.82. The molecule has 2 aliphatic rings. The lowest BCUT2D eigenvalue weighted by Gasteiger charge is -2.45. The maximum Gasteiger partial charge on any atom is 0.138 e. The highest BCUT2D eigenvalue weighted by molar-refractivity contribution is 6.32. The number of ether oxygens (including phenoxy) is 1. The third kappa shape index (κ3) is 3.47. The standard InChI is InChI=1S/C22H24ClNO/c1-25-22-14-17(10-11-21(22)23)18-12-19-8-5-9-20(13-18)24(19)15-16-6-3-2-4-7-16/h2-4,6-7,10-12,14,19-20H,5,8-9,13,15H2,1H3. The molecular formula is C22H24ClNO. The van der Waals surface area contributed by atoms with Crippen LogP contribution in [0.2, 0.25) is 5.02 Å². The summed E-state index contributed by atoms with van der Waals surface area (Å²) in [6, 6.07) is 18.1. The summed E-state index contributed by atoms with van der Waals surface area (Å²) in [7, 11) is 1.68. The molecule has 0 radical (unpaired) electrons. The Balaban J connectivity index is 1.61. The second-order valence-electron chi connectivity index (χ2n) is 7.06. The predicted octanol–water partition coefficient (Wildman–Crippen LogP) is 5.56. The van der Waals surface area contributed by atoms with E-state index in [-0.39, 0.29) is 0 Å². The lowest BCUT2D eigenvalue weighted by Crippen LogP contribution is -2.47. The minimum absolute atomic E-state index is 0.532. The van der Waals surface area contributed by atoms with E-state index in [0.29, 0.717) is 17.1 Å². The molecule has 2 nitrogen and oxygen atoms in total. The molecule has 2 unspecified atom stereocenters. The monoisotopic (exact) mass is 353 g/mol. The zero-order valence-corrected chi connectivity index (χ0v) is 15.4. The van der Waals surface area contributed by atoms with Gasteiger partial charge in [-0.05, 0) is 48.1 Å². The van der Waals surface area contributed by atoms with Crippen LogP contribution in [-0.4, -0.2) is 24.1 Å². The van der Waals surface area contributed by atoms with Gasteiger partial charge in [-0.2, -0.15) is 0 Å². The van der Waals surface area contributed by atoms with E-state index >= 15 is 0 Å². The molecule has 3 heteroatoms. The molecule has 2 aromatic carbocycles. The van der Waals surface area contributed by atoms with Crippen LogP contribution in [0.1, 0.15) is 36.8 Å². The largest absolute Gasteiger partial charge is 0.495 e. The molecule has 1 fully saturated rings. The molecule has 0 aromatic heterocycles. The van der Waals surface area contributed by atoms with Crippen molar-refractivity contribution in [2.45, 2.75) is 44.3 Å². The van der Waals surface area contributed by atoms with Gasteiger partial charge in [-0.1, -0.05) is 60.5 Å². The van der Waals surface area contributed by atoms with Crippen LogP contribution in [0.5, 0.6) is 5.75 Å². The fraction of sp³-hybridized carbons (Fsp3) is 0.364. The third-order valence-electron chi connectivity index (χ3n) is 5.51. The zero-order valence-electron chi connectivity index (χ0n) is 14.6. The Labute approximate surface area is 155 Å². The summed E-state index contributed by atoms with van der Waals surface area (Å²) in [6.45, 7) is 1.05. The molecule has 4 rings (SSSR count). The van der Waals surface area contributed by atoms with E-state index in [4.69, 9.17) is 16.3 Å². The van der Waals surface area contributed by atoms with Crippen molar-refractivity contribution >= 4 is 17.2 Å². The maximum absolute atomic E-state index is 6.19. The molecule has 0 spiro atoms. The summed E-state index contributed by atoms with van der Waals surface area (Å²) in [6.07, 6.45) is 7.44. The van der Waals surface area contributed by atoms with E-state index < -0.39 is 0 Å².